The number of carbonyl (C=O) groups is 1. The molecule has 1 rings (SSSR count). The Balaban J connectivity index is 2.19. The summed E-state index contributed by atoms with van der Waals surface area (Å²) in [5.41, 5.74) is -0.529. The predicted octanol–water partition coefficient (Wildman–Crippen LogP) is 2.20. The zero-order chi connectivity index (χ0) is 15.0. The van der Waals surface area contributed by atoms with E-state index in [1.807, 2.05) is 18.7 Å². The number of carbonyl (C=O) groups excluding carboxylic acids is 1. The highest BCUT2D eigenvalue weighted by atomic mass is 32.2. The standard InChI is InChI=1S/C15H29NO3S/c1-12(10-17)11-20-9-5-4-8-15(2,14(18)19-3)16-13-6-7-13/h12-13,16-17H,4-11H2,1-3H3. The van der Waals surface area contributed by atoms with Crippen molar-refractivity contribution in [3.63, 3.8) is 0 Å². The van der Waals surface area contributed by atoms with Gasteiger partial charge in [-0.05, 0) is 50.0 Å². The third-order valence-electron chi connectivity index (χ3n) is 3.67. The minimum Gasteiger partial charge on any atom is -0.468 e. The van der Waals surface area contributed by atoms with Crippen LogP contribution in [0.5, 0.6) is 0 Å². The molecule has 2 atom stereocenters. The first-order chi connectivity index (χ1) is 9.51. The smallest absolute Gasteiger partial charge is 0.325 e. The minimum atomic E-state index is -0.529. The normalized spacial score (nSPS) is 19.4. The maximum Gasteiger partial charge on any atom is 0.325 e. The van der Waals surface area contributed by atoms with E-state index in [0.29, 0.717) is 12.0 Å². The Bertz CT molecular complexity index is 297. The molecule has 1 saturated carbocycles. The molecular formula is C15H29NO3S. The highest BCUT2D eigenvalue weighted by Gasteiger charge is 2.38. The van der Waals surface area contributed by atoms with Gasteiger partial charge in [-0.15, -0.1) is 0 Å². The van der Waals surface area contributed by atoms with E-state index in [2.05, 4.69) is 12.2 Å². The fourth-order valence-electron chi connectivity index (χ4n) is 2.16. The van der Waals surface area contributed by atoms with Crippen LogP contribution in [-0.2, 0) is 9.53 Å². The monoisotopic (exact) mass is 303 g/mol. The number of unbranched alkanes of at least 4 members (excludes halogenated alkanes) is 1. The zero-order valence-corrected chi connectivity index (χ0v) is 13.8. The van der Waals surface area contributed by atoms with Crippen molar-refractivity contribution < 1.29 is 14.6 Å². The summed E-state index contributed by atoms with van der Waals surface area (Å²) in [6.45, 7) is 4.28. The fraction of sp³-hybridized carbons (Fsp3) is 0.933. The Kier molecular flexibility index (Phi) is 7.92. The molecule has 0 aromatic heterocycles. The first-order valence-corrected chi connectivity index (χ1v) is 8.72. The number of esters is 1. The van der Waals surface area contributed by atoms with Gasteiger partial charge in [-0.1, -0.05) is 13.3 Å². The van der Waals surface area contributed by atoms with Gasteiger partial charge in [-0.25, -0.2) is 0 Å². The van der Waals surface area contributed by atoms with Crippen LogP contribution in [0, 0.1) is 5.92 Å². The Hall–Kier alpha value is -0.260. The van der Waals surface area contributed by atoms with Crippen molar-refractivity contribution in [3.05, 3.63) is 0 Å². The van der Waals surface area contributed by atoms with E-state index in [1.165, 1.54) is 20.0 Å². The maximum absolute atomic E-state index is 11.9. The largest absolute Gasteiger partial charge is 0.468 e. The second-order valence-electron chi connectivity index (χ2n) is 6.06. The molecule has 4 nitrogen and oxygen atoms in total. The molecule has 1 fully saturated rings. The first kappa shape index (κ1) is 17.8. The van der Waals surface area contributed by atoms with Crippen molar-refractivity contribution in [3.8, 4) is 0 Å². The second-order valence-corrected chi connectivity index (χ2v) is 7.21. The molecule has 20 heavy (non-hydrogen) atoms. The SMILES string of the molecule is COC(=O)C(C)(CCCCSCC(C)CO)NC1CC1. The molecule has 2 N–H and O–H groups in total. The average Bonchev–Trinajstić information content (AvgIpc) is 3.24. The van der Waals surface area contributed by atoms with Crippen molar-refractivity contribution in [1.82, 2.24) is 5.32 Å². The summed E-state index contributed by atoms with van der Waals surface area (Å²) >= 11 is 1.88. The molecule has 0 aromatic rings. The molecule has 0 spiro atoms. The van der Waals surface area contributed by atoms with Gasteiger partial charge in [0.2, 0.25) is 0 Å². The van der Waals surface area contributed by atoms with Gasteiger partial charge in [0, 0.05) is 12.6 Å². The summed E-state index contributed by atoms with van der Waals surface area (Å²) in [6, 6.07) is 0.499. The van der Waals surface area contributed by atoms with Gasteiger partial charge >= 0.3 is 5.97 Å². The van der Waals surface area contributed by atoms with E-state index in [0.717, 1.165) is 30.8 Å². The molecule has 0 aliphatic heterocycles. The summed E-state index contributed by atoms with van der Waals surface area (Å²) in [5.74, 6) is 2.32. The van der Waals surface area contributed by atoms with Crippen LogP contribution in [-0.4, -0.2) is 47.9 Å². The van der Waals surface area contributed by atoms with Crippen molar-refractivity contribution >= 4 is 17.7 Å². The molecule has 5 heteroatoms. The molecule has 0 amide bonds. The van der Waals surface area contributed by atoms with Crippen LogP contribution in [0.3, 0.4) is 0 Å². The number of aliphatic hydroxyl groups excluding tert-OH is 1. The number of hydrogen-bond acceptors (Lipinski definition) is 5. The third kappa shape index (κ3) is 6.46. The molecule has 1 aliphatic carbocycles. The maximum atomic E-state index is 11.9. The number of rotatable bonds is 11. The van der Waals surface area contributed by atoms with Crippen LogP contribution in [0.15, 0.2) is 0 Å². The Labute approximate surface area is 127 Å². The van der Waals surface area contributed by atoms with E-state index in [1.54, 1.807) is 0 Å². The number of ether oxygens (including phenoxy) is 1. The Morgan fingerprint density at radius 3 is 2.75 bits per heavy atom. The summed E-state index contributed by atoms with van der Waals surface area (Å²) in [6.07, 6.45) is 5.28. The highest BCUT2D eigenvalue weighted by molar-refractivity contribution is 7.99. The zero-order valence-electron chi connectivity index (χ0n) is 13.0. The topological polar surface area (TPSA) is 58.6 Å². The second kappa shape index (κ2) is 8.90. The molecular weight excluding hydrogens is 274 g/mol. The molecule has 1 aliphatic rings. The predicted molar refractivity (Wildman–Crippen MR) is 84.0 cm³/mol. The van der Waals surface area contributed by atoms with Crippen LogP contribution in [0.1, 0.15) is 46.0 Å². The Morgan fingerprint density at radius 2 is 2.20 bits per heavy atom. The van der Waals surface area contributed by atoms with E-state index in [4.69, 9.17) is 9.84 Å². The van der Waals surface area contributed by atoms with Crippen LogP contribution in [0.25, 0.3) is 0 Å². The minimum absolute atomic E-state index is 0.147. The molecule has 0 saturated heterocycles. The summed E-state index contributed by atoms with van der Waals surface area (Å²) < 4.78 is 4.93. The fourth-order valence-corrected chi connectivity index (χ4v) is 3.24. The van der Waals surface area contributed by atoms with Crippen LogP contribution < -0.4 is 5.32 Å². The van der Waals surface area contributed by atoms with Gasteiger partial charge in [0.25, 0.3) is 0 Å². The molecule has 2 unspecified atom stereocenters. The van der Waals surface area contributed by atoms with Crippen molar-refractivity contribution in [2.24, 2.45) is 5.92 Å². The first-order valence-electron chi connectivity index (χ1n) is 7.56. The lowest BCUT2D eigenvalue weighted by molar-refractivity contribution is -0.148. The molecule has 0 heterocycles. The van der Waals surface area contributed by atoms with Gasteiger partial charge in [0.15, 0.2) is 0 Å². The number of hydrogen-bond donors (Lipinski definition) is 2. The van der Waals surface area contributed by atoms with Gasteiger partial charge < -0.3 is 9.84 Å². The number of nitrogens with one attached hydrogen (secondary N) is 1. The average molecular weight is 303 g/mol. The van der Waals surface area contributed by atoms with Crippen LogP contribution >= 0.6 is 11.8 Å². The highest BCUT2D eigenvalue weighted by Crippen LogP contribution is 2.26. The summed E-state index contributed by atoms with van der Waals surface area (Å²) in [4.78, 5) is 11.9. The van der Waals surface area contributed by atoms with Gasteiger partial charge in [-0.2, -0.15) is 11.8 Å². The molecule has 0 aromatic carbocycles. The van der Waals surface area contributed by atoms with Gasteiger partial charge in [0.1, 0.15) is 5.54 Å². The van der Waals surface area contributed by atoms with E-state index in [9.17, 15) is 4.79 Å². The van der Waals surface area contributed by atoms with E-state index >= 15 is 0 Å². The van der Waals surface area contributed by atoms with E-state index < -0.39 is 5.54 Å². The third-order valence-corrected chi connectivity index (χ3v) is 5.05. The van der Waals surface area contributed by atoms with Gasteiger partial charge in [-0.3, -0.25) is 10.1 Å². The van der Waals surface area contributed by atoms with Crippen LogP contribution in [0.4, 0.5) is 0 Å². The lowest BCUT2D eigenvalue weighted by Crippen LogP contribution is -2.51. The van der Waals surface area contributed by atoms with Gasteiger partial charge in [0.05, 0.1) is 7.11 Å². The summed E-state index contributed by atoms with van der Waals surface area (Å²) in [7, 11) is 1.46. The lowest BCUT2D eigenvalue weighted by Gasteiger charge is -2.28. The Morgan fingerprint density at radius 1 is 1.50 bits per heavy atom. The lowest BCUT2D eigenvalue weighted by atomic mass is 9.95. The van der Waals surface area contributed by atoms with Crippen molar-refractivity contribution in [2.75, 3.05) is 25.2 Å². The van der Waals surface area contributed by atoms with Crippen molar-refractivity contribution in [2.45, 2.75) is 57.5 Å². The molecule has 0 bridgehead atoms. The number of aliphatic hydroxyl groups is 1. The van der Waals surface area contributed by atoms with Crippen LogP contribution in [0.2, 0.25) is 0 Å². The summed E-state index contributed by atoms with van der Waals surface area (Å²) in [5, 5.41) is 12.4. The quantitative estimate of drug-likeness (QED) is 0.453. The molecule has 0 radical (unpaired) electrons. The van der Waals surface area contributed by atoms with E-state index in [-0.39, 0.29) is 12.6 Å². The number of methoxy groups -OCH3 is 1. The molecule has 118 valence electrons. The number of thioether (sulfide) groups is 1. The van der Waals surface area contributed by atoms with Crippen molar-refractivity contribution in [1.29, 1.82) is 0 Å².